The third-order valence-corrected chi connectivity index (χ3v) is 6.49. The van der Waals surface area contributed by atoms with Crippen molar-refractivity contribution in [3.8, 4) is 0 Å². The van der Waals surface area contributed by atoms with Gasteiger partial charge < -0.3 is 19.3 Å². The Morgan fingerprint density at radius 2 is 1.91 bits per heavy atom. The first-order valence-electron chi connectivity index (χ1n) is 12.0. The predicted octanol–water partition coefficient (Wildman–Crippen LogP) is 6.23. The van der Waals surface area contributed by atoms with Crippen molar-refractivity contribution in [1.29, 1.82) is 0 Å². The molecule has 1 saturated heterocycles. The molecule has 1 aliphatic rings. The second kappa shape index (κ2) is 11.1. The van der Waals surface area contributed by atoms with Gasteiger partial charge in [0, 0.05) is 24.2 Å². The number of aromatic nitrogens is 1. The number of para-hydroxylation sites is 1. The number of benzene rings is 2. The fraction of sp³-hybridized carbons (Fsp3) is 0.333. The van der Waals surface area contributed by atoms with Crippen LogP contribution in [-0.2, 0) is 9.57 Å². The van der Waals surface area contributed by atoms with Crippen molar-refractivity contribution in [1.82, 2.24) is 9.88 Å². The Balaban J connectivity index is 1.20. The number of morpholine rings is 1. The maximum absolute atomic E-state index is 6.42. The Labute approximate surface area is 209 Å². The van der Waals surface area contributed by atoms with Gasteiger partial charge >= 0.3 is 0 Å². The van der Waals surface area contributed by atoms with Gasteiger partial charge in [-0.1, -0.05) is 47.1 Å². The molecule has 0 unspecified atom stereocenters. The van der Waals surface area contributed by atoms with Gasteiger partial charge in [-0.05, 0) is 50.1 Å². The molecule has 7 nitrogen and oxygen atoms in total. The smallest absolute Gasteiger partial charge is 0.230 e. The summed E-state index contributed by atoms with van der Waals surface area (Å²) in [5.41, 5.74) is 5.02. The average molecular weight is 493 g/mol. The van der Waals surface area contributed by atoms with E-state index in [4.69, 9.17) is 25.6 Å². The summed E-state index contributed by atoms with van der Waals surface area (Å²) in [7, 11) is 0. The zero-order chi connectivity index (χ0) is 24.0. The van der Waals surface area contributed by atoms with Crippen LogP contribution >= 0.6 is 11.6 Å². The molecule has 1 fully saturated rings. The topological polar surface area (TPSA) is 72.1 Å². The number of nitrogens with one attached hydrogen (secondary N) is 1. The molecule has 35 heavy (non-hydrogen) atoms. The van der Waals surface area contributed by atoms with E-state index >= 15 is 0 Å². The van der Waals surface area contributed by atoms with E-state index in [9.17, 15) is 0 Å². The van der Waals surface area contributed by atoms with Crippen molar-refractivity contribution < 1.29 is 14.0 Å². The van der Waals surface area contributed by atoms with Crippen molar-refractivity contribution in [3.63, 3.8) is 0 Å². The minimum absolute atomic E-state index is 0.512. The number of rotatable bonds is 9. The van der Waals surface area contributed by atoms with Crippen molar-refractivity contribution in [2.24, 2.45) is 5.16 Å². The van der Waals surface area contributed by atoms with E-state index in [2.05, 4.69) is 20.4 Å². The molecule has 4 aromatic rings. The number of hydrogen-bond donors (Lipinski definition) is 1. The highest BCUT2D eigenvalue weighted by Crippen LogP contribution is 2.38. The number of anilines is 2. The number of nitrogens with zero attached hydrogens (tertiary/aromatic N) is 3. The Hall–Kier alpha value is -3.13. The normalized spacial score (nSPS) is 15.1. The number of unbranched alkanes of at least 4 members (excludes halogenated alkanes) is 1. The predicted molar refractivity (Wildman–Crippen MR) is 141 cm³/mol. The van der Waals surface area contributed by atoms with Crippen LogP contribution in [0, 0.1) is 0 Å². The summed E-state index contributed by atoms with van der Waals surface area (Å²) in [6.07, 6.45) is 3.61. The van der Waals surface area contributed by atoms with Crippen LogP contribution in [0.15, 0.2) is 64.4 Å². The van der Waals surface area contributed by atoms with Gasteiger partial charge in [0.2, 0.25) is 5.71 Å². The molecule has 2 aromatic heterocycles. The van der Waals surface area contributed by atoms with Gasteiger partial charge in [-0.25, -0.2) is 4.98 Å². The summed E-state index contributed by atoms with van der Waals surface area (Å²) in [5, 5.41) is 10.1. The molecule has 1 aliphatic heterocycles. The van der Waals surface area contributed by atoms with Crippen molar-refractivity contribution in [3.05, 3.63) is 65.4 Å². The number of hydrogen-bond acceptors (Lipinski definition) is 7. The van der Waals surface area contributed by atoms with Gasteiger partial charge in [0.15, 0.2) is 0 Å². The van der Waals surface area contributed by atoms with Gasteiger partial charge in [-0.3, -0.25) is 4.90 Å². The SMILES string of the molecule is C/C(=N\OCCCCN1CCOCC1)c1ccc(Nc2c3ccccc3nc3occ(Cl)c23)cc1. The summed E-state index contributed by atoms with van der Waals surface area (Å²) >= 11 is 6.42. The third kappa shape index (κ3) is 5.59. The van der Waals surface area contributed by atoms with Crippen LogP contribution in [0.25, 0.3) is 22.0 Å². The van der Waals surface area contributed by atoms with Crippen LogP contribution in [0.3, 0.4) is 0 Å². The molecule has 0 atom stereocenters. The number of ether oxygens (including phenoxy) is 1. The van der Waals surface area contributed by atoms with E-state index in [-0.39, 0.29) is 0 Å². The van der Waals surface area contributed by atoms with Gasteiger partial charge in [-0.2, -0.15) is 0 Å². The van der Waals surface area contributed by atoms with Crippen LogP contribution in [0.1, 0.15) is 25.3 Å². The highest BCUT2D eigenvalue weighted by atomic mass is 35.5. The summed E-state index contributed by atoms with van der Waals surface area (Å²) in [5.74, 6) is 0. The minimum Gasteiger partial charge on any atom is -0.444 e. The van der Waals surface area contributed by atoms with E-state index in [1.165, 1.54) is 6.26 Å². The van der Waals surface area contributed by atoms with Crippen LogP contribution in [0.2, 0.25) is 5.02 Å². The fourth-order valence-electron chi connectivity index (χ4n) is 4.25. The first-order valence-corrected chi connectivity index (χ1v) is 12.4. The molecular weight excluding hydrogens is 464 g/mol. The van der Waals surface area contributed by atoms with Crippen LogP contribution in [0.4, 0.5) is 11.4 Å². The molecule has 182 valence electrons. The Morgan fingerprint density at radius 1 is 1.11 bits per heavy atom. The van der Waals surface area contributed by atoms with Gasteiger partial charge in [-0.15, -0.1) is 0 Å². The lowest BCUT2D eigenvalue weighted by atomic mass is 10.1. The highest BCUT2D eigenvalue weighted by molar-refractivity contribution is 6.37. The second-order valence-electron chi connectivity index (χ2n) is 8.64. The molecule has 0 saturated carbocycles. The van der Waals surface area contributed by atoms with Crippen molar-refractivity contribution >= 4 is 50.7 Å². The third-order valence-electron chi connectivity index (χ3n) is 6.21. The standard InChI is InChI=1S/C27H29ClN4O3/c1-19(31-35-15-5-4-12-32-13-16-33-17-14-32)20-8-10-21(11-9-20)29-26-22-6-2-3-7-24(22)30-27-25(26)23(28)18-34-27/h2-3,6-11,18H,4-5,12-17H2,1H3,(H,29,30)/b31-19+. The largest absolute Gasteiger partial charge is 0.444 e. The number of pyridine rings is 1. The summed E-state index contributed by atoms with van der Waals surface area (Å²) in [6, 6.07) is 16.0. The van der Waals surface area contributed by atoms with E-state index in [0.717, 1.165) is 84.6 Å². The Kier molecular flexibility index (Phi) is 7.47. The molecule has 3 heterocycles. The molecule has 0 radical (unpaired) electrons. The summed E-state index contributed by atoms with van der Waals surface area (Å²) < 4.78 is 10.9. The monoisotopic (exact) mass is 492 g/mol. The maximum atomic E-state index is 6.42. The number of furan rings is 1. The lowest BCUT2D eigenvalue weighted by molar-refractivity contribution is 0.0358. The molecule has 0 aliphatic carbocycles. The van der Waals surface area contributed by atoms with Crippen molar-refractivity contribution in [2.75, 3.05) is 44.8 Å². The number of fused-ring (bicyclic) bond motifs is 2. The zero-order valence-corrected chi connectivity index (χ0v) is 20.6. The number of halogens is 1. The minimum atomic E-state index is 0.512. The van der Waals surface area contributed by atoms with Crippen LogP contribution < -0.4 is 5.32 Å². The van der Waals surface area contributed by atoms with Gasteiger partial charge in [0.1, 0.15) is 12.9 Å². The molecule has 0 bridgehead atoms. The highest BCUT2D eigenvalue weighted by Gasteiger charge is 2.15. The molecule has 2 aromatic carbocycles. The Morgan fingerprint density at radius 3 is 2.74 bits per heavy atom. The summed E-state index contributed by atoms with van der Waals surface area (Å²) in [6.45, 7) is 7.41. The van der Waals surface area contributed by atoms with E-state index < -0.39 is 0 Å². The molecule has 1 N–H and O–H groups in total. The first-order chi connectivity index (χ1) is 17.2. The van der Waals surface area contributed by atoms with E-state index in [0.29, 0.717) is 17.3 Å². The lowest BCUT2D eigenvalue weighted by Crippen LogP contribution is -2.36. The van der Waals surface area contributed by atoms with Crippen LogP contribution in [0.5, 0.6) is 0 Å². The first kappa shape index (κ1) is 23.6. The molecule has 0 amide bonds. The zero-order valence-electron chi connectivity index (χ0n) is 19.8. The molecule has 5 rings (SSSR count). The molecular formula is C27H29ClN4O3. The Bertz CT molecular complexity index is 1310. The van der Waals surface area contributed by atoms with E-state index in [1.54, 1.807) is 0 Å². The maximum Gasteiger partial charge on any atom is 0.230 e. The van der Waals surface area contributed by atoms with Gasteiger partial charge in [0.25, 0.3) is 0 Å². The number of oxime groups is 1. The average Bonchev–Trinajstić information content (AvgIpc) is 3.27. The van der Waals surface area contributed by atoms with Crippen molar-refractivity contribution in [2.45, 2.75) is 19.8 Å². The molecule has 0 spiro atoms. The van der Waals surface area contributed by atoms with Crippen LogP contribution in [-0.4, -0.2) is 55.1 Å². The second-order valence-corrected chi connectivity index (χ2v) is 9.05. The fourth-order valence-corrected chi connectivity index (χ4v) is 4.47. The lowest BCUT2D eigenvalue weighted by Gasteiger charge is -2.26. The molecule has 8 heteroatoms. The quantitative estimate of drug-likeness (QED) is 0.169. The van der Waals surface area contributed by atoms with E-state index in [1.807, 2.05) is 55.5 Å². The summed E-state index contributed by atoms with van der Waals surface area (Å²) in [4.78, 5) is 12.6. The van der Waals surface area contributed by atoms with Gasteiger partial charge in [0.05, 0.1) is 40.5 Å².